The van der Waals surface area contributed by atoms with Crippen LogP contribution in [0.1, 0.15) is 6.92 Å². The quantitative estimate of drug-likeness (QED) is 0.775. The van der Waals surface area contributed by atoms with Crippen molar-refractivity contribution in [1.82, 2.24) is 20.3 Å². The molecule has 7 heteroatoms. The minimum atomic E-state index is 0.276. The molecule has 0 saturated carbocycles. The highest BCUT2D eigenvalue weighted by Gasteiger charge is 2.20. The SMILES string of the molecule is COc1nc(OC)nc(N2CCN[C@H](C)C2)n1. The summed E-state index contributed by atoms with van der Waals surface area (Å²) in [4.78, 5) is 14.5. The molecular weight excluding hydrogens is 222 g/mol. The zero-order chi connectivity index (χ0) is 12.3. The number of hydrogen-bond acceptors (Lipinski definition) is 7. The molecule has 0 amide bonds. The van der Waals surface area contributed by atoms with E-state index in [1.54, 1.807) is 0 Å². The lowest BCUT2D eigenvalue weighted by Crippen LogP contribution is -2.49. The summed E-state index contributed by atoms with van der Waals surface area (Å²) in [7, 11) is 3.05. The summed E-state index contributed by atoms with van der Waals surface area (Å²) < 4.78 is 10.1. The maximum absolute atomic E-state index is 5.03. The van der Waals surface area contributed by atoms with E-state index in [9.17, 15) is 0 Å². The predicted octanol–water partition coefficient (Wildman–Crippen LogP) is -0.313. The van der Waals surface area contributed by atoms with Crippen molar-refractivity contribution in [2.24, 2.45) is 0 Å². The van der Waals surface area contributed by atoms with E-state index in [0.717, 1.165) is 19.6 Å². The van der Waals surface area contributed by atoms with Crippen molar-refractivity contribution in [1.29, 1.82) is 0 Å². The van der Waals surface area contributed by atoms with Crippen LogP contribution in [0.4, 0.5) is 5.95 Å². The van der Waals surface area contributed by atoms with E-state index in [4.69, 9.17) is 9.47 Å². The predicted molar refractivity (Wildman–Crippen MR) is 62.6 cm³/mol. The van der Waals surface area contributed by atoms with E-state index in [1.807, 2.05) is 0 Å². The Morgan fingerprint density at radius 3 is 2.35 bits per heavy atom. The summed E-state index contributed by atoms with van der Waals surface area (Å²) >= 11 is 0. The summed E-state index contributed by atoms with van der Waals surface area (Å²) in [6, 6.07) is 0.966. The molecule has 2 heterocycles. The highest BCUT2D eigenvalue weighted by atomic mass is 16.5. The summed E-state index contributed by atoms with van der Waals surface area (Å²) in [6.45, 7) is 4.76. The van der Waals surface area contributed by atoms with Gasteiger partial charge in [-0.1, -0.05) is 0 Å². The van der Waals surface area contributed by atoms with Gasteiger partial charge in [-0.2, -0.15) is 9.97 Å². The number of rotatable bonds is 3. The van der Waals surface area contributed by atoms with Crippen LogP contribution in [-0.2, 0) is 0 Å². The van der Waals surface area contributed by atoms with Crippen molar-refractivity contribution in [2.75, 3.05) is 38.8 Å². The van der Waals surface area contributed by atoms with E-state index in [-0.39, 0.29) is 12.0 Å². The fourth-order valence-corrected chi connectivity index (χ4v) is 1.77. The molecule has 0 aliphatic carbocycles. The maximum atomic E-state index is 5.03. The van der Waals surface area contributed by atoms with Gasteiger partial charge in [0, 0.05) is 25.7 Å². The van der Waals surface area contributed by atoms with Gasteiger partial charge in [-0.25, -0.2) is 0 Å². The molecular formula is C10H17N5O2. The zero-order valence-corrected chi connectivity index (χ0v) is 10.3. The van der Waals surface area contributed by atoms with Gasteiger partial charge in [0.15, 0.2) is 0 Å². The zero-order valence-electron chi connectivity index (χ0n) is 10.3. The number of nitrogens with one attached hydrogen (secondary N) is 1. The third-order valence-corrected chi connectivity index (χ3v) is 2.60. The van der Waals surface area contributed by atoms with Crippen molar-refractivity contribution in [3.05, 3.63) is 0 Å². The summed E-state index contributed by atoms with van der Waals surface area (Å²) in [5, 5.41) is 3.36. The lowest BCUT2D eigenvalue weighted by molar-refractivity contribution is 0.338. The Hall–Kier alpha value is -1.63. The molecule has 1 saturated heterocycles. The molecule has 94 valence electrons. The van der Waals surface area contributed by atoms with Crippen LogP contribution in [0.15, 0.2) is 0 Å². The summed E-state index contributed by atoms with van der Waals surface area (Å²) in [5.74, 6) is 0.599. The van der Waals surface area contributed by atoms with Crippen LogP contribution in [0, 0.1) is 0 Å². The topological polar surface area (TPSA) is 72.4 Å². The summed E-state index contributed by atoms with van der Waals surface area (Å²) in [5.41, 5.74) is 0. The van der Waals surface area contributed by atoms with E-state index in [1.165, 1.54) is 14.2 Å². The monoisotopic (exact) mass is 239 g/mol. The molecule has 0 unspecified atom stereocenters. The smallest absolute Gasteiger partial charge is 0.324 e. The second-order valence-electron chi connectivity index (χ2n) is 3.91. The molecule has 1 aliphatic rings. The maximum Gasteiger partial charge on any atom is 0.324 e. The summed E-state index contributed by atoms with van der Waals surface area (Å²) in [6.07, 6.45) is 0. The number of anilines is 1. The molecule has 0 spiro atoms. The molecule has 2 rings (SSSR count). The van der Waals surface area contributed by atoms with Crippen LogP contribution < -0.4 is 19.7 Å². The second-order valence-corrected chi connectivity index (χ2v) is 3.91. The highest BCUT2D eigenvalue weighted by molar-refractivity contribution is 5.33. The van der Waals surface area contributed by atoms with Crippen LogP contribution >= 0.6 is 0 Å². The van der Waals surface area contributed by atoms with Gasteiger partial charge >= 0.3 is 12.0 Å². The molecule has 1 aliphatic heterocycles. The molecule has 0 radical (unpaired) electrons. The van der Waals surface area contributed by atoms with E-state index in [0.29, 0.717) is 12.0 Å². The molecule has 1 aromatic rings. The second kappa shape index (κ2) is 5.13. The fourth-order valence-electron chi connectivity index (χ4n) is 1.77. The van der Waals surface area contributed by atoms with Gasteiger partial charge in [0.1, 0.15) is 0 Å². The van der Waals surface area contributed by atoms with Gasteiger partial charge in [0.05, 0.1) is 14.2 Å². The average molecular weight is 239 g/mol. The van der Waals surface area contributed by atoms with Crippen molar-refractivity contribution >= 4 is 5.95 Å². The third-order valence-electron chi connectivity index (χ3n) is 2.60. The molecule has 1 N–H and O–H groups in total. The van der Waals surface area contributed by atoms with Gasteiger partial charge < -0.3 is 19.7 Å². The number of piperazine rings is 1. The van der Waals surface area contributed by atoms with Crippen LogP contribution in [0.25, 0.3) is 0 Å². The number of methoxy groups -OCH3 is 2. The van der Waals surface area contributed by atoms with Crippen LogP contribution in [0.5, 0.6) is 12.0 Å². The molecule has 1 aromatic heterocycles. The first kappa shape index (κ1) is 11.8. The molecule has 0 aromatic carbocycles. The van der Waals surface area contributed by atoms with Crippen LogP contribution in [-0.4, -0.2) is 54.8 Å². The first-order chi connectivity index (χ1) is 8.22. The van der Waals surface area contributed by atoms with E-state index >= 15 is 0 Å². The lowest BCUT2D eigenvalue weighted by atomic mass is 10.2. The van der Waals surface area contributed by atoms with Crippen LogP contribution in [0.3, 0.4) is 0 Å². The molecule has 1 atom stereocenters. The molecule has 17 heavy (non-hydrogen) atoms. The molecule has 0 bridgehead atoms. The van der Waals surface area contributed by atoms with Crippen molar-refractivity contribution in [3.63, 3.8) is 0 Å². The van der Waals surface area contributed by atoms with Gasteiger partial charge in [-0.3, -0.25) is 0 Å². The Balaban J connectivity index is 2.23. The normalized spacial score (nSPS) is 20.2. The molecule has 7 nitrogen and oxygen atoms in total. The Kier molecular flexibility index (Phi) is 3.58. The number of ether oxygens (including phenoxy) is 2. The van der Waals surface area contributed by atoms with Gasteiger partial charge in [0.2, 0.25) is 5.95 Å². The number of hydrogen-bond donors (Lipinski definition) is 1. The number of aromatic nitrogens is 3. The van der Waals surface area contributed by atoms with Gasteiger partial charge in [-0.15, -0.1) is 4.98 Å². The largest absolute Gasteiger partial charge is 0.467 e. The van der Waals surface area contributed by atoms with E-state index in [2.05, 4.69) is 32.1 Å². The van der Waals surface area contributed by atoms with Crippen molar-refractivity contribution < 1.29 is 9.47 Å². The Morgan fingerprint density at radius 2 is 1.82 bits per heavy atom. The minimum absolute atomic E-state index is 0.276. The minimum Gasteiger partial charge on any atom is -0.467 e. The third kappa shape index (κ3) is 2.73. The molecule has 1 fully saturated rings. The average Bonchev–Trinajstić information content (AvgIpc) is 2.38. The highest BCUT2D eigenvalue weighted by Crippen LogP contribution is 2.16. The Morgan fingerprint density at radius 1 is 1.18 bits per heavy atom. The van der Waals surface area contributed by atoms with Crippen LogP contribution in [0.2, 0.25) is 0 Å². The Bertz CT molecular complexity index is 365. The fraction of sp³-hybridized carbons (Fsp3) is 0.700. The van der Waals surface area contributed by atoms with Gasteiger partial charge in [0.25, 0.3) is 0 Å². The Labute approximate surface area is 100 Å². The van der Waals surface area contributed by atoms with E-state index < -0.39 is 0 Å². The standard InChI is InChI=1S/C10H17N5O2/c1-7-6-15(5-4-11-7)8-12-9(16-2)14-10(13-8)17-3/h7,11H,4-6H2,1-3H3/t7-/m1/s1. The van der Waals surface area contributed by atoms with Crippen molar-refractivity contribution in [3.8, 4) is 12.0 Å². The number of nitrogens with zero attached hydrogens (tertiary/aromatic N) is 4. The van der Waals surface area contributed by atoms with Crippen molar-refractivity contribution in [2.45, 2.75) is 13.0 Å². The first-order valence-corrected chi connectivity index (χ1v) is 5.55. The van der Waals surface area contributed by atoms with Gasteiger partial charge in [-0.05, 0) is 6.92 Å². The first-order valence-electron chi connectivity index (χ1n) is 5.55. The lowest BCUT2D eigenvalue weighted by Gasteiger charge is -2.31.